The maximum Gasteiger partial charge on any atom is 0.127 e. The molecular weight excluding hydrogens is 176 g/mol. The van der Waals surface area contributed by atoms with Gasteiger partial charge in [0.05, 0.1) is 6.04 Å². The molecule has 4 heteroatoms. The summed E-state index contributed by atoms with van der Waals surface area (Å²) in [5, 5.41) is 0. The van der Waals surface area contributed by atoms with E-state index in [9.17, 15) is 0 Å². The van der Waals surface area contributed by atoms with Gasteiger partial charge in [-0.25, -0.2) is 10.4 Å². The second-order valence-electron chi connectivity index (χ2n) is 3.92. The van der Waals surface area contributed by atoms with Gasteiger partial charge in [-0.05, 0) is 19.3 Å². The first kappa shape index (κ1) is 11.2. The van der Waals surface area contributed by atoms with Crippen LogP contribution in [0, 0.1) is 5.92 Å². The molecule has 0 saturated heterocycles. The summed E-state index contributed by atoms with van der Waals surface area (Å²) in [7, 11) is 0. The van der Waals surface area contributed by atoms with Crippen LogP contribution in [-0.4, -0.2) is 9.55 Å². The molecule has 0 aliphatic rings. The summed E-state index contributed by atoms with van der Waals surface area (Å²) in [5.41, 5.74) is 2.83. The number of hydrogen-bond donors (Lipinski definition) is 2. The quantitative estimate of drug-likeness (QED) is 0.553. The van der Waals surface area contributed by atoms with Crippen molar-refractivity contribution in [2.75, 3.05) is 0 Å². The van der Waals surface area contributed by atoms with Gasteiger partial charge >= 0.3 is 0 Å². The maximum absolute atomic E-state index is 5.53. The molecule has 14 heavy (non-hydrogen) atoms. The summed E-state index contributed by atoms with van der Waals surface area (Å²) in [5.74, 6) is 7.17. The van der Waals surface area contributed by atoms with E-state index in [1.807, 2.05) is 12.4 Å². The van der Waals surface area contributed by atoms with Gasteiger partial charge in [-0.3, -0.25) is 5.84 Å². The van der Waals surface area contributed by atoms with Gasteiger partial charge in [0.1, 0.15) is 5.82 Å². The third kappa shape index (κ3) is 2.56. The van der Waals surface area contributed by atoms with Crippen LogP contribution in [0.4, 0.5) is 0 Å². The van der Waals surface area contributed by atoms with Crippen LogP contribution in [0.1, 0.15) is 39.1 Å². The molecule has 1 atom stereocenters. The monoisotopic (exact) mass is 196 g/mol. The van der Waals surface area contributed by atoms with E-state index in [-0.39, 0.29) is 6.04 Å². The Bertz CT molecular complexity index is 267. The van der Waals surface area contributed by atoms with Crippen LogP contribution in [0.15, 0.2) is 12.4 Å². The van der Waals surface area contributed by atoms with Crippen molar-refractivity contribution < 1.29 is 0 Å². The van der Waals surface area contributed by atoms with Crippen LogP contribution in [-0.2, 0) is 6.54 Å². The van der Waals surface area contributed by atoms with E-state index in [4.69, 9.17) is 5.84 Å². The van der Waals surface area contributed by atoms with Gasteiger partial charge in [0.15, 0.2) is 0 Å². The van der Waals surface area contributed by atoms with E-state index < -0.39 is 0 Å². The zero-order valence-electron chi connectivity index (χ0n) is 9.20. The first-order valence-corrected chi connectivity index (χ1v) is 5.16. The summed E-state index contributed by atoms with van der Waals surface area (Å²) >= 11 is 0. The molecular formula is C10H20N4. The zero-order valence-corrected chi connectivity index (χ0v) is 9.20. The topological polar surface area (TPSA) is 55.9 Å². The van der Waals surface area contributed by atoms with Crippen molar-refractivity contribution in [3.05, 3.63) is 18.2 Å². The number of imidazole rings is 1. The van der Waals surface area contributed by atoms with Crippen molar-refractivity contribution >= 4 is 0 Å². The first-order chi connectivity index (χ1) is 6.69. The van der Waals surface area contributed by atoms with Crippen LogP contribution in [0.3, 0.4) is 0 Å². The van der Waals surface area contributed by atoms with E-state index in [1.165, 1.54) is 0 Å². The average Bonchev–Trinajstić information content (AvgIpc) is 2.61. The van der Waals surface area contributed by atoms with Crippen LogP contribution in [0.5, 0.6) is 0 Å². The van der Waals surface area contributed by atoms with E-state index in [0.29, 0.717) is 5.92 Å². The zero-order chi connectivity index (χ0) is 10.6. The number of aryl methyl sites for hydroxylation is 1. The highest BCUT2D eigenvalue weighted by Gasteiger charge is 2.15. The number of nitrogens with two attached hydrogens (primary N) is 1. The lowest BCUT2D eigenvalue weighted by molar-refractivity contribution is 0.409. The number of aromatic nitrogens is 2. The van der Waals surface area contributed by atoms with Crippen molar-refractivity contribution in [1.82, 2.24) is 15.0 Å². The molecule has 0 spiro atoms. The van der Waals surface area contributed by atoms with Gasteiger partial charge in [0.25, 0.3) is 0 Å². The number of hydrazine groups is 1. The predicted molar refractivity (Wildman–Crippen MR) is 57.4 cm³/mol. The van der Waals surface area contributed by atoms with Crippen molar-refractivity contribution in [1.29, 1.82) is 0 Å². The van der Waals surface area contributed by atoms with Crippen molar-refractivity contribution in [3.63, 3.8) is 0 Å². The Morgan fingerprint density at radius 2 is 2.29 bits per heavy atom. The van der Waals surface area contributed by atoms with Crippen LogP contribution in [0.2, 0.25) is 0 Å². The Labute approximate surface area is 85.5 Å². The van der Waals surface area contributed by atoms with Gasteiger partial charge in [-0.2, -0.15) is 0 Å². The highest BCUT2D eigenvalue weighted by atomic mass is 15.3. The molecule has 4 nitrogen and oxygen atoms in total. The third-order valence-electron chi connectivity index (χ3n) is 2.31. The maximum atomic E-state index is 5.53. The smallest absolute Gasteiger partial charge is 0.127 e. The molecule has 0 bridgehead atoms. The van der Waals surface area contributed by atoms with Gasteiger partial charge in [-0.1, -0.05) is 13.8 Å². The largest absolute Gasteiger partial charge is 0.334 e. The molecule has 1 unspecified atom stereocenters. The Balaban J connectivity index is 2.77. The SMILES string of the molecule is CCn1ccnc1C(CC(C)C)NN. The standard InChI is InChI=1S/C10H20N4/c1-4-14-6-5-12-10(14)9(13-11)7-8(2)3/h5-6,8-9,13H,4,7,11H2,1-3H3. The number of nitrogens with zero attached hydrogens (tertiary/aromatic N) is 2. The second kappa shape index (κ2) is 5.12. The van der Waals surface area contributed by atoms with E-state index in [2.05, 4.69) is 35.7 Å². The fraction of sp³-hybridized carbons (Fsp3) is 0.700. The van der Waals surface area contributed by atoms with Crippen molar-refractivity contribution in [2.24, 2.45) is 11.8 Å². The Kier molecular flexibility index (Phi) is 4.10. The lowest BCUT2D eigenvalue weighted by Gasteiger charge is -2.18. The van der Waals surface area contributed by atoms with Gasteiger partial charge in [0.2, 0.25) is 0 Å². The lowest BCUT2D eigenvalue weighted by atomic mass is 10.0. The molecule has 0 fully saturated rings. The molecule has 80 valence electrons. The van der Waals surface area contributed by atoms with Crippen LogP contribution in [0.25, 0.3) is 0 Å². The van der Waals surface area contributed by atoms with Crippen molar-refractivity contribution in [2.45, 2.75) is 39.8 Å². The van der Waals surface area contributed by atoms with Gasteiger partial charge in [-0.15, -0.1) is 0 Å². The summed E-state index contributed by atoms with van der Waals surface area (Å²) in [6.45, 7) is 7.41. The Morgan fingerprint density at radius 1 is 1.57 bits per heavy atom. The van der Waals surface area contributed by atoms with E-state index in [0.717, 1.165) is 18.8 Å². The minimum atomic E-state index is 0.157. The molecule has 0 radical (unpaired) electrons. The number of nitrogens with one attached hydrogen (secondary N) is 1. The summed E-state index contributed by atoms with van der Waals surface area (Å²) in [6.07, 6.45) is 4.82. The molecule has 1 aromatic rings. The van der Waals surface area contributed by atoms with Crippen LogP contribution >= 0.6 is 0 Å². The molecule has 0 saturated carbocycles. The fourth-order valence-electron chi connectivity index (χ4n) is 1.62. The molecule has 0 aliphatic heterocycles. The minimum Gasteiger partial charge on any atom is -0.334 e. The van der Waals surface area contributed by atoms with Crippen molar-refractivity contribution in [3.8, 4) is 0 Å². The molecule has 0 aliphatic carbocycles. The summed E-state index contributed by atoms with van der Waals surface area (Å²) in [4.78, 5) is 4.33. The summed E-state index contributed by atoms with van der Waals surface area (Å²) in [6, 6.07) is 0.157. The highest BCUT2D eigenvalue weighted by Crippen LogP contribution is 2.18. The van der Waals surface area contributed by atoms with Crippen LogP contribution < -0.4 is 11.3 Å². The Hall–Kier alpha value is -0.870. The summed E-state index contributed by atoms with van der Waals surface area (Å²) < 4.78 is 2.12. The molecule has 1 heterocycles. The van der Waals surface area contributed by atoms with Gasteiger partial charge in [0, 0.05) is 18.9 Å². The second-order valence-corrected chi connectivity index (χ2v) is 3.92. The van der Waals surface area contributed by atoms with Gasteiger partial charge < -0.3 is 4.57 Å². The minimum absolute atomic E-state index is 0.157. The molecule has 0 amide bonds. The highest BCUT2D eigenvalue weighted by molar-refractivity contribution is 4.99. The van der Waals surface area contributed by atoms with E-state index >= 15 is 0 Å². The molecule has 1 rings (SSSR count). The number of rotatable bonds is 5. The molecule has 3 N–H and O–H groups in total. The normalized spacial score (nSPS) is 13.5. The third-order valence-corrected chi connectivity index (χ3v) is 2.31. The average molecular weight is 196 g/mol. The fourth-order valence-corrected chi connectivity index (χ4v) is 1.62. The molecule has 0 aromatic carbocycles. The predicted octanol–water partition coefficient (Wildman–Crippen LogP) is 1.45. The Morgan fingerprint density at radius 3 is 2.79 bits per heavy atom. The van der Waals surface area contributed by atoms with E-state index in [1.54, 1.807) is 0 Å². The first-order valence-electron chi connectivity index (χ1n) is 5.16. The lowest BCUT2D eigenvalue weighted by Crippen LogP contribution is -2.31. The molecule has 1 aromatic heterocycles. The number of hydrogen-bond acceptors (Lipinski definition) is 3.